The Morgan fingerprint density at radius 1 is 1.23 bits per heavy atom. The molecule has 1 fully saturated rings. The third-order valence-corrected chi connectivity index (χ3v) is 4.96. The lowest BCUT2D eigenvalue weighted by Gasteiger charge is -2.21. The molecule has 3 heteroatoms. The van der Waals surface area contributed by atoms with Crippen molar-refractivity contribution >= 4 is 11.6 Å². The Labute approximate surface area is 131 Å². The van der Waals surface area contributed by atoms with Crippen LogP contribution in [-0.2, 0) is 16.0 Å². The molecule has 2 atom stereocenters. The lowest BCUT2D eigenvalue weighted by atomic mass is 9.81. The molecule has 2 unspecified atom stereocenters. The fourth-order valence-corrected chi connectivity index (χ4v) is 3.74. The predicted molar refractivity (Wildman–Crippen MR) is 84.9 cm³/mol. The van der Waals surface area contributed by atoms with Crippen LogP contribution in [0.4, 0.5) is 0 Å². The van der Waals surface area contributed by atoms with E-state index in [1.165, 1.54) is 5.56 Å². The number of carbonyl (C=O) groups is 2. The van der Waals surface area contributed by atoms with Gasteiger partial charge in [0.25, 0.3) is 0 Å². The number of ether oxygens (including phenoxy) is 1. The van der Waals surface area contributed by atoms with Crippen LogP contribution in [0.2, 0.25) is 0 Å². The van der Waals surface area contributed by atoms with Crippen molar-refractivity contribution in [1.29, 1.82) is 0 Å². The van der Waals surface area contributed by atoms with E-state index in [0.717, 1.165) is 42.6 Å². The number of carbonyl (C=O) groups excluding carboxylic acids is 2. The molecule has 22 heavy (non-hydrogen) atoms. The number of methoxy groups -OCH3 is 1. The van der Waals surface area contributed by atoms with Crippen molar-refractivity contribution in [2.75, 3.05) is 7.11 Å². The van der Waals surface area contributed by atoms with Crippen LogP contribution < -0.4 is 4.74 Å². The molecule has 1 aromatic carbocycles. The van der Waals surface area contributed by atoms with Gasteiger partial charge in [0, 0.05) is 18.3 Å². The molecule has 0 aliphatic heterocycles. The minimum absolute atomic E-state index is 0.0213. The van der Waals surface area contributed by atoms with Crippen molar-refractivity contribution in [3.8, 4) is 5.75 Å². The third-order valence-electron chi connectivity index (χ3n) is 4.96. The molecule has 0 saturated heterocycles. The Balaban J connectivity index is 1.80. The van der Waals surface area contributed by atoms with Crippen LogP contribution in [-0.4, -0.2) is 18.7 Å². The van der Waals surface area contributed by atoms with E-state index in [1.54, 1.807) is 7.11 Å². The average molecular weight is 298 g/mol. The van der Waals surface area contributed by atoms with E-state index >= 15 is 0 Å². The van der Waals surface area contributed by atoms with Gasteiger partial charge in [-0.05, 0) is 49.0 Å². The summed E-state index contributed by atoms with van der Waals surface area (Å²) in [6, 6.07) is 7.96. The number of allylic oxidation sites excluding steroid dienone is 2. The number of benzene rings is 1. The fraction of sp³-hybridized carbons (Fsp3) is 0.474. The molecule has 0 spiro atoms. The first kappa shape index (κ1) is 15.0. The van der Waals surface area contributed by atoms with E-state index in [4.69, 9.17) is 4.74 Å². The van der Waals surface area contributed by atoms with Gasteiger partial charge >= 0.3 is 0 Å². The first-order valence-electron chi connectivity index (χ1n) is 8.02. The molecule has 0 aromatic heterocycles. The smallest absolute Gasteiger partial charge is 0.158 e. The zero-order chi connectivity index (χ0) is 15.7. The van der Waals surface area contributed by atoms with Crippen LogP contribution in [0.3, 0.4) is 0 Å². The van der Waals surface area contributed by atoms with Gasteiger partial charge in [0.15, 0.2) is 5.78 Å². The number of rotatable bonds is 4. The quantitative estimate of drug-likeness (QED) is 0.854. The molecule has 0 amide bonds. The lowest BCUT2D eigenvalue weighted by Crippen LogP contribution is -2.21. The van der Waals surface area contributed by atoms with E-state index in [2.05, 4.69) is 6.07 Å². The summed E-state index contributed by atoms with van der Waals surface area (Å²) in [6.45, 7) is 1.98. The molecule has 3 nitrogen and oxygen atoms in total. The largest absolute Gasteiger partial charge is 0.497 e. The van der Waals surface area contributed by atoms with Gasteiger partial charge in [-0.25, -0.2) is 0 Å². The van der Waals surface area contributed by atoms with Crippen molar-refractivity contribution in [3.63, 3.8) is 0 Å². The Kier molecular flexibility index (Phi) is 4.14. The third kappa shape index (κ3) is 2.72. The highest BCUT2D eigenvalue weighted by molar-refractivity contribution is 6.01. The minimum atomic E-state index is 0.0213. The highest BCUT2D eigenvalue weighted by Crippen LogP contribution is 2.42. The molecular weight excluding hydrogens is 276 g/mol. The molecule has 1 aromatic rings. The summed E-state index contributed by atoms with van der Waals surface area (Å²) in [7, 11) is 1.66. The van der Waals surface area contributed by atoms with Crippen LogP contribution >= 0.6 is 0 Å². The van der Waals surface area contributed by atoms with Gasteiger partial charge < -0.3 is 4.74 Å². The SMILES string of the molecule is COc1cccc(CCC2=C3CC(C)C(=O)C3CCC2=O)c1. The monoisotopic (exact) mass is 298 g/mol. The molecule has 2 aliphatic rings. The second-order valence-electron chi connectivity index (χ2n) is 6.38. The van der Waals surface area contributed by atoms with Gasteiger partial charge in [-0.2, -0.15) is 0 Å². The predicted octanol–water partition coefficient (Wildman–Crippen LogP) is 3.51. The van der Waals surface area contributed by atoms with Crippen LogP contribution in [0, 0.1) is 11.8 Å². The van der Waals surface area contributed by atoms with Gasteiger partial charge in [0.05, 0.1) is 7.11 Å². The Morgan fingerprint density at radius 3 is 2.82 bits per heavy atom. The van der Waals surface area contributed by atoms with Crippen LogP contribution in [0.1, 0.15) is 38.2 Å². The first-order valence-corrected chi connectivity index (χ1v) is 8.02. The summed E-state index contributed by atoms with van der Waals surface area (Å²) >= 11 is 0. The van der Waals surface area contributed by atoms with Crippen LogP contribution in [0.25, 0.3) is 0 Å². The second-order valence-corrected chi connectivity index (χ2v) is 6.38. The molecule has 0 N–H and O–H groups in total. The summed E-state index contributed by atoms with van der Waals surface area (Å²) in [6.07, 6.45) is 3.58. The highest BCUT2D eigenvalue weighted by Gasteiger charge is 2.40. The second kappa shape index (κ2) is 6.07. The Bertz CT molecular complexity index is 642. The average Bonchev–Trinajstić information content (AvgIpc) is 2.81. The maximum Gasteiger partial charge on any atom is 0.158 e. The normalized spacial score (nSPS) is 24.6. The Hall–Kier alpha value is -1.90. The van der Waals surface area contributed by atoms with E-state index < -0.39 is 0 Å². The number of fused-ring (bicyclic) bond motifs is 1. The molecule has 0 heterocycles. The van der Waals surface area contributed by atoms with Crippen LogP contribution in [0.5, 0.6) is 5.75 Å². The van der Waals surface area contributed by atoms with Gasteiger partial charge in [-0.3, -0.25) is 9.59 Å². The zero-order valence-corrected chi connectivity index (χ0v) is 13.2. The van der Waals surface area contributed by atoms with Crippen molar-refractivity contribution in [3.05, 3.63) is 41.0 Å². The van der Waals surface area contributed by atoms with Gasteiger partial charge in [0.2, 0.25) is 0 Å². The summed E-state index contributed by atoms with van der Waals surface area (Å²) in [5.41, 5.74) is 3.23. The van der Waals surface area contributed by atoms with Gasteiger partial charge in [0.1, 0.15) is 11.5 Å². The molecule has 0 bridgehead atoms. The maximum absolute atomic E-state index is 12.3. The van der Waals surface area contributed by atoms with Crippen LogP contribution in [0.15, 0.2) is 35.4 Å². The van der Waals surface area contributed by atoms with Crippen molar-refractivity contribution in [1.82, 2.24) is 0 Å². The molecule has 1 saturated carbocycles. The summed E-state index contributed by atoms with van der Waals surface area (Å²) in [4.78, 5) is 24.5. The number of ketones is 2. The van der Waals surface area contributed by atoms with Crippen molar-refractivity contribution < 1.29 is 14.3 Å². The lowest BCUT2D eigenvalue weighted by molar-refractivity contribution is -0.123. The van der Waals surface area contributed by atoms with Crippen molar-refractivity contribution in [2.24, 2.45) is 11.8 Å². The Morgan fingerprint density at radius 2 is 2.05 bits per heavy atom. The molecule has 2 aliphatic carbocycles. The van der Waals surface area contributed by atoms with Gasteiger partial charge in [-0.15, -0.1) is 0 Å². The highest BCUT2D eigenvalue weighted by atomic mass is 16.5. The minimum Gasteiger partial charge on any atom is -0.497 e. The van der Waals surface area contributed by atoms with E-state index in [9.17, 15) is 9.59 Å². The fourth-order valence-electron chi connectivity index (χ4n) is 3.74. The molecule has 3 rings (SSSR count). The first-order chi connectivity index (χ1) is 10.6. The van der Waals surface area contributed by atoms with Gasteiger partial charge in [-0.1, -0.05) is 24.6 Å². The number of Topliss-reactive ketones (excluding diaryl/α,β-unsaturated/α-hetero) is 2. The van der Waals surface area contributed by atoms with E-state index in [-0.39, 0.29) is 17.6 Å². The topological polar surface area (TPSA) is 43.4 Å². The maximum atomic E-state index is 12.3. The zero-order valence-electron chi connectivity index (χ0n) is 13.2. The van der Waals surface area contributed by atoms with E-state index in [1.807, 2.05) is 25.1 Å². The number of hydrogen-bond donors (Lipinski definition) is 0. The van der Waals surface area contributed by atoms with E-state index in [0.29, 0.717) is 12.2 Å². The summed E-state index contributed by atoms with van der Waals surface area (Å²) < 4.78 is 5.24. The van der Waals surface area contributed by atoms with Crippen molar-refractivity contribution in [2.45, 2.75) is 39.0 Å². The molecule has 0 radical (unpaired) electrons. The number of aryl methyl sites for hydroxylation is 1. The summed E-state index contributed by atoms with van der Waals surface area (Å²) in [5.74, 6) is 1.52. The molecule has 116 valence electrons. The standard InChI is InChI=1S/C19H22O3/c1-12-10-17-15(18(20)9-8-16(17)19(12)21)7-6-13-4-3-5-14(11-13)22-2/h3-5,11-12,16H,6-10H2,1-2H3. The summed E-state index contributed by atoms with van der Waals surface area (Å²) in [5, 5.41) is 0. The molecular formula is C19H22O3. The number of hydrogen-bond acceptors (Lipinski definition) is 3.